The van der Waals surface area contributed by atoms with Gasteiger partial charge in [0.2, 0.25) is 41.4 Å². The van der Waals surface area contributed by atoms with E-state index in [9.17, 15) is 33.6 Å². The maximum atomic E-state index is 13.7. The molecule has 0 spiro atoms. The summed E-state index contributed by atoms with van der Waals surface area (Å²) in [6, 6.07) is 0. The molecule has 0 aromatic carbocycles. The predicted octanol–water partition coefficient (Wildman–Crippen LogP) is 8.79. The van der Waals surface area contributed by atoms with Crippen molar-refractivity contribution < 1.29 is 47.8 Å². The SMILES string of the molecule is CCCCCCCCCCCCC(=O)NC(COCCC(=O)NCCCCCNC(=O)CCCC)(COCCC(=O)NCCCCCNC(=O)CCCC)COCCC(=O)NCCCCCNC(=O)CCC(C)(C)C. The van der Waals surface area contributed by atoms with Crippen molar-refractivity contribution in [3.05, 3.63) is 0 Å². The molecule has 0 bridgehead atoms. The van der Waals surface area contributed by atoms with Crippen LogP contribution in [0.3, 0.4) is 0 Å². The molecule has 0 rings (SSSR count). The van der Waals surface area contributed by atoms with Gasteiger partial charge in [-0.15, -0.1) is 0 Å². The molecule has 0 fully saturated rings. The van der Waals surface area contributed by atoms with Crippen LogP contribution in [0.5, 0.6) is 0 Å². The molecule has 0 aliphatic rings. The Bertz CT molecular complexity index is 1420. The average molecular weight is 1070 g/mol. The first-order valence-electron chi connectivity index (χ1n) is 29.8. The van der Waals surface area contributed by atoms with Crippen LogP contribution in [0.15, 0.2) is 0 Å². The average Bonchev–Trinajstić information content (AvgIpc) is 3.37. The van der Waals surface area contributed by atoms with Gasteiger partial charge in [-0.2, -0.15) is 0 Å². The van der Waals surface area contributed by atoms with E-state index in [2.05, 4.69) is 78.8 Å². The van der Waals surface area contributed by atoms with Crippen LogP contribution >= 0.6 is 0 Å². The first-order valence-corrected chi connectivity index (χ1v) is 29.8. The first kappa shape index (κ1) is 71.2. The maximum Gasteiger partial charge on any atom is 0.222 e. The molecule has 0 aliphatic heterocycles. The number of hydrogen-bond donors (Lipinski definition) is 7. The van der Waals surface area contributed by atoms with Gasteiger partial charge in [0.1, 0.15) is 5.54 Å². The van der Waals surface area contributed by atoms with Crippen LogP contribution in [-0.2, 0) is 47.8 Å². The summed E-state index contributed by atoms with van der Waals surface area (Å²) in [5.74, 6) is -0.419. The van der Waals surface area contributed by atoms with Gasteiger partial charge in [-0.1, -0.05) is 112 Å². The van der Waals surface area contributed by atoms with E-state index >= 15 is 0 Å². The largest absolute Gasteiger partial charge is 0.378 e. The molecule has 0 saturated heterocycles. The normalized spacial score (nSPS) is 11.5. The number of amides is 7. The van der Waals surface area contributed by atoms with Gasteiger partial charge in [0, 0.05) is 84.2 Å². The number of hydrogen-bond acceptors (Lipinski definition) is 10. The van der Waals surface area contributed by atoms with Crippen molar-refractivity contribution in [1.82, 2.24) is 37.2 Å². The zero-order valence-electron chi connectivity index (χ0n) is 48.5. The lowest BCUT2D eigenvalue weighted by atomic mass is 9.90. The van der Waals surface area contributed by atoms with Crippen molar-refractivity contribution in [3.8, 4) is 0 Å². The fraction of sp³-hybridized carbons (Fsp3) is 0.879. The third-order valence-electron chi connectivity index (χ3n) is 12.8. The predicted molar refractivity (Wildman–Crippen MR) is 301 cm³/mol. The molecule has 17 heteroatoms. The van der Waals surface area contributed by atoms with Crippen molar-refractivity contribution in [2.24, 2.45) is 5.41 Å². The van der Waals surface area contributed by atoms with E-state index in [1.54, 1.807) is 0 Å². The summed E-state index contributed by atoms with van der Waals surface area (Å²) >= 11 is 0. The van der Waals surface area contributed by atoms with Gasteiger partial charge in [-0.05, 0) is 88.9 Å². The molecule has 0 saturated carbocycles. The third kappa shape index (κ3) is 49.5. The molecule has 0 aromatic heterocycles. The van der Waals surface area contributed by atoms with E-state index in [-0.39, 0.29) is 106 Å². The van der Waals surface area contributed by atoms with Crippen LogP contribution in [0.1, 0.15) is 241 Å². The molecule has 0 atom stereocenters. The minimum atomic E-state index is -1.17. The second-order valence-corrected chi connectivity index (χ2v) is 21.7. The second kappa shape index (κ2) is 49.7. The Kier molecular flexibility index (Phi) is 47.2. The fourth-order valence-corrected chi connectivity index (χ4v) is 8.00. The van der Waals surface area contributed by atoms with Crippen molar-refractivity contribution in [2.45, 2.75) is 246 Å². The first-order chi connectivity index (χ1) is 36.1. The summed E-state index contributed by atoms with van der Waals surface area (Å²) in [6.45, 7) is 16.3. The molecule has 0 heterocycles. The Hall–Kier alpha value is -3.83. The Morgan fingerprint density at radius 3 is 0.893 bits per heavy atom. The van der Waals surface area contributed by atoms with Gasteiger partial charge in [0.25, 0.3) is 0 Å². The molecule has 17 nitrogen and oxygen atoms in total. The highest BCUT2D eigenvalue weighted by molar-refractivity contribution is 5.78. The van der Waals surface area contributed by atoms with Crippen LogP contribution < -0.4 is 37.2 Å². The number of rotatable bonds is 53. The molecule has 0 aromatic rings. The molecule has 7 amide bonds. The zero-order chi connectivity index (χ0) is 55.5. The fourth-order valence-electron chi connectivity index (χ4n) is 8.00. The topological polar surface area (TPSA) is 231 Å². The van der Waals surface area contributed by atoms with Gasteiger partial charge in [0.05, 0.1) is 39.6 Å². The molecule has 75 heavy (non-hydrogen) atoms. The molecule has 0 aliphatic carbocycles. The molecular weight excluding hydrogens is 955 g/mol. The Labute approximate surface area is 455 Å². The van der Waals surface area contributed by atoms with Gasteiger partial charge < -0.3 is 51.4 Å². The minimum Gasteiger partial charge on any atom is -0.378 e. The summed E-state index contributed by atoms with van der Waals surface area (Å²) in [7, 11) is 0. The number of unbranched alkanes of at least 4 members (excludes halogenated alkanes) is 17. The van der Waals surface area contributed by atoms with Crippen LogP contribution in [0.2, 0.25) is 0 Å². The van der Waals surface area contributed by atoms with Gasteiger partial charge in [0.15, 0.2) is 0 Å². The van der Waals surface area contributed by atoms with Crippen LogP contribution in [0, 0.1) is 5.41 Å². The zero-order valence-corrected chi connectivity index (χ0v) is 48.5. The van der Waals surface area contributed by atoms with Gasteiger partial charge >= 0.3 is 0 Å². The molecule has 0 radical (unpaired) electrons. The lowest BCUT2D eigenvalue weighted by Gasteiger charge is -2.34. The van der Waals surface area contributed by atoms with E-state index in [4.69, 9.17) is 14.2 Å². The number of carbonyl (C=O) groups is 7. The number of nitrogens with one attached hydrogen (secondary N) is 7. The van der Waals surface area contributed by atoms with E-state index in [0.29, 0.717) is 65.0 Å². The van der Waals surface area contributed by atoms with Crippen LogP contribution in [0.4, 0.5) is 0 Å². The molecule has 438 valence electrons. The Balaban J connectivity index is 5.47. The summed E-state index contributed by atoms with van der Waals surface area (Å²) in [5.41, 5.74) is -1.05. The maximum absolute atomic E-state index is 13.7. The highest BCUT2D eigenvalue weighted by Gasteiger charge is 2.34. The lowest BCUT2D eigenvalue weighted by molar-refractivity contribution is -0.130. The molecule has 7 N–H and O–H groups in total. The monoisotopic (exact) mass is 1070 g/mol. The van der Waals surface area contributed by atoms with Crippen LogP contribution in [-0.4, -0.2) is 126 Å². The van der Waals surface area contributed by atoms with Gasteiger partial charge in [-0.3, -0.25) is 33.6 Å². The Morgan fingerprint density at radius 1 is 0.307 bits per heavy atom. The highest BCUT2D eigenvalue weighted by Crippen LogP contribution is 2.20. The number of carbonyl (C=O) groups excluding carboxylic acids is 7. The Morgan fingerprint density at radius 2 is 0.573 bits per heavy atom. The highest BCUT2D eigenvalue weighted by atomic mass is 16.5. The van der Waals surface area contributed by atoms with E-state index in [0.717, 1.165) is 116 Å². The lowest BCUT2D eigenvalue weighted by Crippen LogP contribution is -2.58. The molecular formula is C58H111N7O10. The van der Waals surface area contributed by atoms with Crippen LogP contribution in [0.25, 0.3) is 0 Å². The summed E-state index contributed by atoms with van der Waals surface area (Å²) in [6.07, 6.45) is 25.7. The second-order valence-electron chi connectivity index (χ2n) is 21.7. The smallest absolute Gasteiger partial charge is 0.222 e. The summed E-state index contributed by atoms with van der Waals surface area (Å²) in [5, 5.41) is 20.9. The third-order valence-corrected chi connectivity index (χ3v) is 12.8. The van der Waals surface area contributed by atoms with Crippen molar-refractivity contribution in [1.29, 1.82) is 0 Å². The van der Waals surface area contributed by atoms with E-state index < -0.39 is 5.54 Å². The van der Waals surface area contributed by atoms with E-state index in [1.165, 1.54) is 38.5 Å². The van der Waals surface area contributed by atoms with E-state index in [1.807, 2.05) is 0 Å². The van der Waals surface area contributed by atoms with Gasteiger partial charge in [-0.25, -0.2) is 0 Å². The summed E-state index contributed by atoms with van der Waals surface area (Å²) < 4.78 is 18.4. The van der Waals surface area contributed by atoms with Crippen molar-refractivity contribution in [3.63, 3.8) is 0 Å². The van der Waals surface area contributed by atoms with Crippen molar-refractivity contribution >= 4 is 41.4 Å². The number of ether oxygens (including phenoxy) is 3. The minimum absolute atomic E-state index is 0.0253. The molecule has 0 unspecified atom stereocenters. The summed E-state index contributed by atoms with van der Waals surface area (Å²) in [4.78, 5) is 87.9. The quantitative estimate of drug-likeness (QED) is 0.0286. The van der Waals surface area contributed by atoms with Crippen molar-refractivity contribution in [2.75, 3.05) is 78.9 Å². The standard InChI is InChI=1S/C58H111N7O10/c1-7-10-13-14-15-16-17-18-19-23-32-56(72)65-58(47-73-44-34-53(69)62-41-27-20-24-38-59-50(66)30-11-8-2,48-74-45-35-54(70)63-42-28-21-25-39-60-51(67)31-12-9-3)49-75-46-36-55(71)64-43-29-22-26-40-61-52(68)33-37-57(4,5)6/h7-49H2,1-6H3,(H,59,66)(H,60,67)(H,61,68)(H,62,69)(H,63,70)(H,64,71)(H,65,72).